The highest BCUT2D eigenvalue weighted by molar-refractivity contribution is 4.60. The van der Waals surface area contributed by atoms with Gasteiger partial charge in [0.25, 0.3) is 0 Å². The summed E-state index contributed by atoms with van der Waals surface area (Å²) in [6, 6.07) is 0. The summed E-state index contributed by atoms with van der Waals surface area (Å²) in [5.41, 5.74) is 0. The Morgan fingerprint density at radius 2 is 1.50 bits per heavy atom. The zero-order valence-corrected chi connectivity index (χ0v) is 10.0. The predicted molar refractivity (Wildman–Crippen MR) is 58.5 cm³/mol. The predicted octanol–water partition coefficient (Wildman–Crippen LogP) is 3.26. The molecule has 0 spiro atoms. The van der Waals surface area contributed by atoms with Crippen molar-refractivity contribution in [2.24, 2.45) is 11.8 Å². The van der Waals surface area contributed by atoms with Gasteiger partial charge >= 0.3 is 0 Å². The molecule has 0 saturated heterocycles. The summed E-state index contributed by atoms with van der Waals surface area (Å²) < 4.78 is 0. The highest BCUT2D eigenvalue weighted by atomic mass is 15.1. The lowest BCUT2D eigenvalue weighted by molar-refractivity contribution is 0.259. The van der Waals surface area contributed by atoms with Crippen molar-refractivity contribution in [3.8, 4) is 0 Å². The van der Waals surface area contributed by atoms with Gasteiger partial charge < -0.3 is 4.90 Å². The number of nitrogens with zero attached hydrogens (tertiary/aromatic N) is 1. The third-order valence-electron chi connectivity index (χ3n) is 2.28. The van der Waals surface area contributed by atoms with E-state index >= 15 is 0 Å². The van der Waals surface area contributed by atoms with Crippen LogP contribution in [0.3, 0.4) is 0 Å². The molecule has 0 radical (unpaired) electrons. The fourth-order valence-corrected chi connectivity index (χ4v) is 0.832. The molecule has 1 nitrogen and oxygen atoms in total. The van der Waals surface area contributed by atoms with E-state index in [2.05, 4.69) is 39.6 Å². The Bertz CT molecular complexity index is 79.1. The molecule has 0 amide bonds. The van der Waals surface area contributed by atoms with Crippen molar-refractivity contribution in [1.29, 1.82) is 0 Å². The van der Waals surface area contributed by atoms with Crippen molar-refractivity contribution in [3.05, 3.63) is 0 Å². The second kappa shape index (κ2) is 9.05. The number of rotatable bonds is 4. The van der Waals surface area contributed by atoms with Gasteiger partial charge in [-0.1, -0.05) is 41.5 Å². The molecule has 0 aliphatic heterocycles. The van der Waals surface area contributed by atoms with E-state index in [1.807, 2.05) is 13.8 Å². The molecule has 0 aliphatic rings. The molecule has 1 atom stereocenters. The Hall–Kier alpha value is -0.0400. The van der Waals surface area contributed by atoms with Gasteiger partial charge in [0.15, 0.2) is 0 Å². The Balaban J connectivity index is 0. The van der Waals surface area contributed by atoms with Crippen LogP contribution in [0.5, 0.6) is 0 Å². The molecule has 0 bridgehead atoms. The van der Waals surface area contributed by atoms with Crippen LogP contribution in [-0.4, -0.2) is 25.0 Å². The second-order valence-electron chi connectivity index (χ2n) is 3.58. The van der Waals surface area contributed by atoms with Crippen molar-refractivity contribution in [1.82, 2.24) is 4.90 Å². The molecule has 1 heteroatoms. The maximum Gasteiger partial charge on any atom is 0.000629 e. The van der Waals surface area contributed by atoms with Crippen LogP contribution in [0.1, 0.15) is 41.5 Å². The third-order valence-corrected chi connectivity index (χ3v) is 2.28. The largest absolute Gasteiger partial charge is 0.306 e. The Kier molecular flexibility index (Phi) is 10.9. The van der Waals surface area contributed by atoms with Gasteiger partial charge in [-0.25, -0.2) is 0 Å². The van der Waals surface area contributed by atoms with E-state index in [1.54, 1.807) is 0 Å². The fraction of sp³-hybridized carbons (Fsp3) is 1.00. The van der Waals surface area contributed by atoms with Crippen molar-refractivity contribution in [3.63, 3.8) is 0 Å². The first kappa shape index (κ1) is 14.5. The van der Waals surface area contributed by atoms with Gasteiger partial charge in [0, 0.05) is 6.54 Å². The minimum absolute atomic E-state index is 0.814. The number of hydrogen-bond acceptors (Lipinski definition) is 1. The van der Waals surface area contributed by atoms with Gasteiger partial charge in [-0.05, 0) is 25.4 Å². The second-order valence-corrected chi connectivity index (χ2v) is 3.58. The van der Waals surface area contributed by atoms with E-state index in [4.69, 9.17) is 0 Å². The summed E-state index contributed by atoms with van der Waals surface area (Å²) in [4.78, 5) is 2.37. The molecular weight excluding hydrogens is 146 g/mol. The summed E-state index contributed by atoms with van der Waals surface area (Å²) >= 11 is 0. The van der Waals surface area contributed by atoms with E-state index in [9.17, 15) is 0 Å². The highest BCUT2D eigenvalue weighted by Gasteiger charge is 2.08. The molecule has 12 heavy (non-hydrogen) atoms. The van der Waals surface area contributed by atoms with E-state index in [1.165, 1.54) is 6.54 Å². The monoisotopic (exact) mass is 173 g/mol. The minimum atomic E-state index is 0.814. The maximum absolute atomic E-state index is 2.37. The van der Waals surface area contributed by atoms with E-state index in [-0.39, 0.29) is 0 Å². The zero-order valence-electron chi connectivity index (χ0n) is 10.0. The Morgan fingerprint density at radius 3 is 1.75 bits per heavy atom. The van der Waals surface area contributed by atoms with Gasteiger partial charge in [-0.2, -0.15) is 0 Å². The van der Waals surface area contributed by atoms with Crippen LogP contribution < -0.4 is 0 Å². The molecule has 0 rings (SSSR count). The van der Waals surface area contributed by atoms with Crippen LogP contribution >= 0.6 is 0 Å². The molecule has 76 valence electrons. The molecule has 0 saturated carbocycles. The summed E-state index contributed by atoms with van der Waals surface area (Å²) in [5, 5.41) is 0. The summed E-state index contributed by atoms with van der Waals surface area (Å²) in [5.74, 6) is 1.64. The maximum atomic E-state index is 2.37. The molecule has 0 aromatic carbocycles. The average Bonchev–Trinajstić information content (AvgIpc) is 2.07. The molecule has 0 heterocycles. The molecule has 0 aromatic rings. The third kappa shape index (κ3) is 8.06. The fourth-order valence-electron chi connectivity index (χ4n) is 0.832. The smallest absolute Gasteiger partial charge is 0.000629 e. The van der Waals surface area contributed by atoms with Gasteiger partial charge in [-0.3, -0.25) is 0 Å². The molecule has 0 N–H and O–H groups in total. The van der Waals surface area contributed by atoms with Crippen LogP contribution in [0.4, 0.5) is 0 Å². The highest BCUT2D eigenvalue weighted by Crippen LogP contribution is 2.09. The van der Waals surface area contributed by atoms with Crippen molar-refractivity contribution >= 4 is 0 Å². The van der Waals surface area contributed by atoms with Gasteiger partial charge in [-0.15, -0.1) is 0 Å². The van der Waals surface area contributed by atoms with Crippen LogP contribution in [0.15, 0.2) is 0 Å². The standard InChI is InChI=1S/C9H21N.C2H6/c1-6-10(5)7-9(4)8(2)3;1-2/h8-9H,6-7H2,1-5H3;1-2H3. The molecule has 0 aliphatic carbocycles. The van der Waals surface area contributed by atoms with Crippen molar-refractivity contribution in [2.45, 2.75) is 41.5 Å². The van der Waals surface area contributed by atoms with Crippen molar-refractivity contribution < 1.29 is 0 Å². The van der Waals surface area contributed by atoms with Crippen molar-refractivity contribution in [2.75, 3.05) is 20.1 Å². The first-order valence-electron chi connectivity index (χ1n) is 5.26. The summed E-state index contributed by atoms with van der Waals surface area (Å²) in [7, 11) is 2.18. The topological polar surface area (TPSA) is 3.24 Å². The quantitative estimate of drug-likeness (QED) is 0.631. The van der Waals surface area contributed by atoms with Crippen LogP contribution in [-0.2, 0) is 0 Å². The molecule has 0 aromatic heterocycles. The lowest BCUT2D eigenvalue weighted by Gasteiger charge is -2.22. The average molecular weight is 173 g/mol. The molecule has 1 unspecified atom stereocenters. The van der Waals surface area contributed by atoms with E-state index < -0.39 is 0 Å². The van der Waals surface area contributed by atoms with Gasteiger partial charge in [0.2, 0.25) is 0 Å². The van der Waals surface area contributed by atoms with E-state index in [0.29, 0.717) is 0 Å². The first-order chi connectivity index (χ1) is 5.57. The lowest BCUT2D eigenvalue weighted by Crippen LogP contribution is -2.26. The SMILES string of the molecule is CC.CCN(C)CC(C)C(C)C. The molecular formula is C11H27N. The van der Waals surface area contributed by atoms with Crippen LogP contribution in [0, 0.1) is 11.8 Å². The Morgan fingerprint density at radius 1 is 1.08 bits per heavy atom. The first-order valence-corrected chi connectivity index (χ1v) is 5.26. The summed E-state index contributed by atoms with van der Waals surface area (Å²) in [6.45, 7) is 15.5. The number of hydrogen-bond donors (Lipinski definition) is 0. The zero-order chi connectivity index (χ0) is 10.1. The van der Waals surface area contributed by atoms with E-state index in [0.717, 1.165) is 18.4 Å². The normalized spacial score (nSPS) is 12.8. The summed E-state index contributed by atoms with van der Waals surface area (Å²) in [6.07, 6.45) is 0. The van der Waals surface area contributed by atoms with Crippen LogP contribution in [0.2, 0.25) is 0 Å². The molecule has 0 fully saturated rings. The Labute approximate surface area is 79.2 Å². The van der Waals surface area contributed by atoms with Gasteiger partial charge in [0.1, 0.15) is 0 Å². The van der Waals surface area contributed by atoms with Gasteiger partial charge in [0.05, 0.1) is 0 Å². The van der Waals surface area contributed by atoms with Crippen LogP contribution in [0.25, 0.3) is 0 Å². The lowest BCUT2D eigenvalue weighted by atomic mass is 9.98. The minimum Gasteiger partial charge on any atom is -0.306 e.